The second kappa shape index (κ2) is 6.00. The Balaban J connectivity index is 1.69. The lowest BCUT2D eigenvalue weighted by Gasteiger charge is -2.25. The number of pyridine rings is 1. The topological polar surface area (TPSA) is 46.8 Å². The first-order valence-electron chi connectivity index (χ1n) is 8.15. The molecule has 1 saturated heterocycles. The average Bonchev–Trinajstić information content (AvgIpc) is 3.29. The predicted molar refractivity (Wildman–Crippen MR) is 91.2 cm³/mol. The predicted octanol–water partition coefficient (Wildman–Crippen LogP) is 3.32. The van der Waals surface area contributed by atoms with Gasteiger partial charge in [-0.3, -0.25) is 4.79 Å². The summed E-state index contributed by atoms with van der Waals surface area (Å²) in [5, 5.41) is 4.29. The normalized spacial score (nSPS) is 17.4. The van der Waals surface area contributed by atoms with Crippen LogP contribution in [-0.4, -0.2) is 34.1 Å². The number of rotatable bonds is 3. The molecule has 1 amide bonds. The number of carbonyl (C=O) groups excluding carboxylic acids is 1. The molecule has 0 radical (unpaired) electrons. The van der Waals surface area contributed by atoms with Crippen molar-refractivity contribution in [2.75, 3.05) is 13.7 Å². The summed E-state index contributed by atoms with van der Waals surface area (Å²) in [6, 6.07) is 15.7. The molecule has 3 heterocycles. The lowest BCUT2D eigenvalue weighted by molar-refractivity contribution is 0.0726. The van der Waals surface area contributed by atoms with Gasteiger partial charge in [0.25, 0.3) is 5.91 Å². The Labute approximate surface area is 140 Å². The number of benzene rings is 1. The molecule has 1 aromatic carbocycles. The van der Waals surface area contributed by atoms with E-state index in [0.29, 0.717) is 5.69 Å². The number of nitrogens with zero attached hydrogens (tertiary/aromatic N) is 3. The number of likely N-dealkylation sites (tertiary alicyclic amines) is 1. The molecule has 1 aliphatic heterocycles. The molecule has 122 valence electrons. The first kappa shape index (κ1) is 14.8. The van der Waals surface area contributed by atoms with Gasteiger partial charge in [-0.1, -0.05) is 18.2 Å². The van der Waals surface area contributed by atoms with Crippen LogP contribution in [0.25, 0.3) is 5.52 Å². The van der Waals surface area contributed by atoms with Crippen molar-refractivity contribution in [3.63, 3.8) is 0 Å². The highest BCUT2D eigenvalue weighted by atomic mass is 16.5. The van der Waals surface area contributed by atoms with E-state index in [-0.39, 0.29) is 11.9 Å². The Bertz CT molecular complexity index is 887. The molecule has 3 aromatic rings. The van der Waals surface area contributed by atoms with Gasteiger partial charge in [-0.05, 0) is 48.7 Å². The zero-order chi connectivity index (χ0) is 16.5. The fourth-order valence-electron chi connectivity index (χ4n) is 3.46. The SMILES string of the molecule is COc1cccc([C@H]2CCCN2C(=O)c2cccc3ccnn23)c1. The molecule has 5 heteroatoms. The van der Waals surface area contributed by atoms with Gasteiger partial charge in [0.15, 0.2) is 0 Å². The highest BCUT2D eigenvalue weighted by Gasteiger charge is 2.31. The monoisotopic (exact) mass is 321 g/mol. The molecule has 0 unspecified atom stereocenters. The number of carbonyl (C=O) groups is 1. The van der Waals surface area contributed by atoms with Crippen LogP contribution in [0, 0.1) is 0 Å². The number of amides is 1. The minimum absolute atomic E-state index is 0.0228. The van der Waals surface area contributed by atoms with E-state index in [1.165, 1.54) is 0 Å². The molecular weight excluding hydrogens is 302 g/mol. The first-order chi connectivity index (χ1) is 11.8. The fraction of sp³-hybridized carbons (Fsp3) is 0.263. The maximum atomic E-state index is 13.1. The smallest absolute Gasteiger partial charge is 0.273 e. The van der Waals surface area contributed by atoms with E-state index in [0.717, 1.165) is 36.2 Å². The van der Waals surface area contributed by atoms with Gasteiger partial charge in [-0.25, -0.2) is 4.52 Å². The van der Waals surface area contributed by atoms with Gasteiger partial charge in [0.05, 0.1) is 24.9 Å². The third-order valence-corrected chi connectivity index (χ3v) is 4.63. The van der Waals surface area contributed by atoms with Gasteiger partial charge >= 0.3 is 0 Å². The van der Waals surface area contributed by atoms with Gasteiger partial charge in [0.1, 0.15) is 11.4 Å². The van der Waals surface area contributed by atoms with Crippen molar-refractivity contribution in [2.24, 2.45) is 0 Å². The number of aromatic nitrogens is 2. The second-order valence-electron chi connectivity index (χ2n) is 6.01. The summed E-state index contributed by atoms with van der Waals surface area (Å²) in [7, 11) is 1.66. The number of fused-ring (bicyclic) bond motifs is 1. The maximum Gasteiger partial charge on any atom is 0.273 e. The second-order valence-corrected chi connectivity index (χ2v) is 6.01. The summed E-state index contributed by atoms with van der Waals surface area (Å²) >= 11 is 0. The van der Waals surface area contributed by atoms with Gasteiger partial charge in [0, 0.05) is 6.54 Å². The zero-order valence-corrected chi connectivity index (χ0v) is 13.6. The highest BCUT2D eigenvalue weighted by molar-refractivity contribution is 5.93. The van der Waals surface area contributed by atoms with Crippen LogP contribution in [0.5, 0.6) is 5.75 Å². The third-order valence-electron chi connectivity index (χ3n) is 4.63. The molecule has 0 aliphatic carbocycles. The number of hydrogen-bond donors (Lipinski definition) is 0. The van der Waals surface area contributed by atoms with Crippen LogP contribution >= 0.6 is 0 Å². The summed E-state index contributed by atoms with van der Waals surface area (Å²) in [4.78, 5) is 15.1. The molecule has 4 rings (SSSR count). The van der Waals surface area contributed by atoms with Crippen LogP contribution in [0.3, 0.4) is 0 Å². The minimum Gasteiger partial charge on any atom is -0.497 e. The van der Waals surface area contributed by atoms with Crippen molar-refractivity contribution in [3.05, 3.63) is 66.0 Å². The molecular formula is C19H19N3O2. The van der Waals surface area contributed by atoms with Gasteiger partial charge in [0.2, 0.25) is 0 Å². The van der Waals surface area contributed by atoms with Crippen molar-refractivity contribution in [1.82, 2.24) is 14.5 Å². The zero-order valence-electron chi connectivity index (χ0n) is 13.6. The molecule has 0 spiro atoms. The van der Waals surface area contributed by atoms with Crippen LogP contribution in [-0.2, 0) is 0 Å². The quantitative estimate of drug-likeness (QED) is 0.743. The molecule has 5 nitrogen and oxygen atoms in total. The van der Waals surface area contributed by atoms with Crippen molar-refractivity contribution in [3.8, 4) is 5.75 Å². The highest BCUT2D eigenvalue weighted by Crippen LogP contribution is 2.34. The van der Waals surface area contributed by atoms with E-state index in [4.69, 9.17) is 4.74 Å². The van der Waals surface area contributed by atoms with E-state index in [1.54, 1.807) is 17.8 Å². The van der Waals surface area contributed by atoms with E-state index in [9.17, 15) is 4.79 Å². The molecule has 2 aromatic heterocycles. The van der Waals surface area contributed by atoms with Crippen LogP contribution in [0.2, 0.25) is 0 Å². The van der Waals surface area contributed by atoms with Crippen LogP contribution < -0.4 is 4.74 Å². The summed E-state index contributed by atoms with van der Waals surface area (Å²) < 4.78 is 7.04. The molecule has 1 aliphatic rings. The van der Waals surface area contributed by atoms with E-state index < -0.39 is 0 Å². The van der Waals surface area contributed by atoms with E-state index in [2.05, 4.69) is 11.2 Å². The molecule has 0 N–H and O–H groups in total. The minimum atomic E-state index is 0.0228. The van der Waals surface area contributed by atoms with Crippen LogP contribution in [0.1, 0.15) is 34.9 Å². The molecule has 0 bridgehead atoms. The van der Waals surface area contributed by atoms with Crippen molar-refractivity contribution < 1.29 is 9.53 Å². The lowest BCUT2D eigenvalue weighted by Crippen LogP contribution is -2.32. The summed E-state index contributed by atoms with van der Waals surface area (Å²) in [5.41, 5.74) is 2.65. The summed E-state index contributed by atoms with van der Waals surface area (Å²) in [6.07, 6.45) is 3.69. The van der Waals surface area contributed by atoms with Crippen LogP contribution in [0.4, 0.5) is 0 Å². The fourth-order valence-corrected chi connectivity index (χ4v) is 3.46. The maximum absolute atomic E-state index is 13.1. The van der Waals surface area contributed by atoms with E-state index in [1.807, 2.05) is 47.4 Å². The summed E-state index contributed by atoms with van der Waals surface area (Å²) in [5.74, 6) is 0.843. The Morgan fingerprint density at radius 2 is 2.08 bits per heavy atom. The van der Waals surface area contributed by atoms with Crippen molar-refractivity contribution in [1.29, 1.82) is 0 Å². The first-order valence-corrected chi connectivity index (χ1v) is 8.15. The number of ether oxygens (including phenoxy) is 1. The molecule has 1 atom stereocenters. The van der Waals surface area contributed by atoms with Crippen molar-refractivity contribution in [2.45, 2.75) is 18.9 Å². The lowest BCUT2D eigenvalue weighted by atomic mass is 10.0. The Hall–Kier alpha value is -2.82. The molecule has 1 fully saturated rings. The molecule has 0 saturated carbocycles. The van der Waals surface area contributed by atoms with Crippen LogP contribution in [0.15, 0.2) is 54.7 Å². The summed E-state index contributed by atoms with van der Waals surface area (Å²) in [6.45, 7) is 0.762. The number of hydrogen-bond acceptors (Lipinski definition) is 3. The third kappa shape index (κ3) is 2.42. The standard InChI is InChI=1S/C19H19N3O2/c1-24-16-7-2-5-14(13-16)17-9-4-12-21(17)19(23)18-8-3-6-15-10-11-20-22(15)18/h2-3,5-8,10-11,13,17H,4,9,12H2,1H3/t17-/m1/s1. The van der Waals surface area contributed by atoms with Crippen molar-refractivity contribution >= 4 is 11.4 Å². The Kier molecular flexibility index (Phi) is 3.69. The number of methoxy groups -OCH3 is 1. The average molecular weight is 321 g/mol. The Morgan fingerprint density at radius 1 is 1.21 bits per heavy atom. The Morgan fingerprint density at radius 3 is 2.96 bits per heavy atom. The van der Waals surface area contributed by atoms with Gasteiger partial charge in [-0.15, -0.1) is 0 Å². The van der Waals surface area contributed by atoms with E-state index >= 15 is 0 Å². The van der Waals surface area contributed by atoms with Gasteiger partial charge < -0.3 is 9.64 Å². The molecule has 24 heavy (non-hydrogen) atoms. The van der Waals surface area contributed by atoms with Gasteiger partial charge in [-0.2, -0.15) is 5.10 Å². The largest absolute Gasteiger partial charge is 0.497 e.